The lowest BCUT2D eigenvalue weighted by molar-refractivity contribution is 0.0721. The van der Waals surface area contributed by atoms with Gasteiger partial charge in [-0.25, -0.2) is 4.98 Å². The first-order valence-electron chi connectivity index (χ1n) is 8.37. The number of hydrogen-bond acceptors (Lipinski definition) is 3. The summed E-state index contributed by atoms with van der Waals surface area (Å²) in [6, 6.07) is 7.93. The number of amides is 1. The highest BCUT2D eigenvalue weighted by Crippen LogP contribution is 2.23. The number of hydrogen-bond donors (Lipinski definition) is 1. The van der Waals surface area contributed by atoms with Gasteiger partial charge < -0.3 is 9.88 Å². The lowest BCUT2D eigenvalue weighted by atomic mass is 10.1. The molecule has 1 aliphatic heterocycles. The van der Waals surface area contributed by atoms with E-state index < -0.39 is 0 Å². The highest BCUT2D eigenvalue weighted by molar-refractivity contribution is 5.97. The van der Waals surface area contributed by atoms with Gasteiger partial charge in [0, 0.05) is 17.8 Å². The third-order valence-corrected chi connectivity index (χ3v) is 4.79. The fourth-order valence-corrected chi connectivity index (χ4v) is 3.59. The molecule has 24 heavy (non-hydrogen) atoms. The van der Waals surface area contributed by atoms with Gasteiger partial charge in [-0.1, -0.05) is 0 Å². The van der Waals surface area contributed by atoms with Gasteiger partial charge in [-0.05, 0) is 51.0 Å². The molecule has 1 saturated heterocycles. The van der Waals surface area contributed by atoms with Crippen LogP contribution >= 0.6 is 0 Å². The molecule has 0 spiro atoms. The summed E-state index contributed by atoms with van der Waals surface area (Å²) in [6.07, 6.45) is 3.72. The second-order valence-corrected chi connectivity index (χ2v) is 6.54. The number of aryl methyl sites for hydroxylation is 2. The molecule has 1 aromatic carbocycles. The number of carbonyl (C=O) groups is 1. The van der Waals surface area contributed by atoms with Crippen molar-refractivity contribution >= 4 is 16.9 Å². The van der Waals surface area contributed by atoms with Gasteiger partial charge in [-0.2, -0.15) is 5.10 Å². The third kappa shape index (κ3) is 2.58. The number of likely N-dealkylation sites (tertiary alicyclic amines) is 1. The maximum atomic E-state index is 13.0. The molecule has 0 unspecified atom stereocenters. The Hall–Kier alpha value is -2.63. The van der Waals surface area contributed by atoms with E-state index in [2.05, 4.69) is 28.1 Å². The molecule has 0 radical (unpaired) electrons. The van der Waals surface area contributed by atoms with E-state index in [1.807, 2.05) is 34.7 Å². The quantitative estimate of drug-likeness (QED) is 0.806. The van der Waals surface area contributed by atoms with Crippen molar-refractivity contribution in [3.63, 3.8) is 0 Å². The van der Waals surface area contributed by atoms with Crippen LogP contribution in [0.3, 0.4) is 0 Å². The molecule has 2 aromatic heterocycles. The van der Waals surface area contributed by atoms with Gasteiger partial charge in [0.2, 0.25) is 0 Å². The molecule has 1 fully saturated rings. The maximum absolute atomic E-state index is 13.0. The van der Waals surface area contributed by atoms with Crippen molar-refractivity contribution in [1.82, 2.24) is 24.6 Å². The van der Waals surface area contributed by atoms with Crippen LogP contribution in [0.1, 0.15) is 34.6 Å². The zero-order valence-corrected chi connectivity index (χ0v) is 14.0. The van der Waals surface area contributed by atoms with Gasteiger partial charge in [0.1, 0.15) is 0 Å². The molecule has 0 saturated carbocycles. The number of nitrogens with zero attached hydrogens (tertiary/aromatic N) is 4. The number of imidazole rings is 1. The minimum absolute atomic E-state index is 0.0931. The number of rotatable bonds is 3. The molecule has 0 aliphatic carbocycles. The summed E-state index contributed by atoms with van der Waals surface area (Å²) in [5.74, 6) is 0.0931. The summed E-state index contributed by atoms with van der Waals surface area (Å²) in [5, 5.41) is 4.54. The smallest absolute Gasteiger partial charge is 0.254 e. The van der Waals surface area contributed by atoms with Gasteiger partial charge in [-0.3, -0.25) is 9.48 Å². The second-order valence-electron chi connectivity index (χ2n) is 6.54. The zero-order valence-electron chi connectivity index (χ0n) is 14.0. The first kappa shape index (κ1) is 14.9. The van der Waals surface area contributed by atoms with Crippen molar-refractivity contribution in [3.05, 3.63) is 47.5 Å². The Kier molecular flexibility index (Phi) is 3.59. The first-order chi connectivity index (χ1) is 11.6. The van der Waals surface area contributed by atoms with Crippen LogP contribution in [0.4, 0.5) is 0 Å². The van der Waals surface area contributed by atoms with Crippen molar-refractivity contribution in [2.45, 2.75) is 39.3 Å². The molecule has 0 bridgehead atoms. The SMILES string of the molecule is Cc1cc(C)n(C[C@@H]2CCCN2C(=O)c2ccc3nc[nH]c3c2)n1. The van der Waals surface area contributed by atoms with E-state index in [4.69, 9.17) is 0 Å². The zero-order chi connectivity index (χ0) is 16.7. The molecule has 1 N–H and O–H groups in total. The van der Waals surface area contributed by atoms with Crippen LogP contribution in [-0.2, 0) is 6.54 Å². The van der Waals surface area contributed by atoms with Gasteiger partial charge >= 0.3 is 0 Å². The number of H-pyrrole nitrogens is 1. The Morgan fingerprint density at radius 2 is 2.21 bits per heavy atom. The largest absolute Gasteiger partial charge is 0.345 e. The molecule has 124 valence electrons. The summed E-state index contributed by atoms with van der Waals surface area (Å²) in [6.45, 7) is 5.63. The Bertz CT molecular complexity index is 894. The fourth-order valence-electron chi connectivity index (χ4n) is 3.59. The maximum Gasteiger partial charge on any atom is 0.254 e. The normalized spacial score (nSPS) is 17.8. The van der Waals surface area contributed by atoms with Crippen LogP contribution in [0.25, 0.3) is 11.0 Å². The lowest BCUT2D eigenvalue weighted by Crippen LogP contribution is -2.38. The van der Waals surface area contributed by atoms with Gasteiger partial charge in [0.25, 0.3) is 5.91 Å². The Morgan fingerprint density at radius 3 is 3.00 bits per heavy atom. The molecule has 1 atom stereocenters. The predicted molar refractivity (Wildman–Crippen MR) is 91.9 cm³/mol. The van der Waals surface area contributed by atoms with Crippen molar-refractivity contribution in [3.8, 4) is 0 Å². The molecule has 1 amide bonds. The molecule has 6 heteroatoms. The van der Waals surface area contributed by atoms with Crippen LogP contribution in [0, 0.1) is 13.8 Å². The van der Waals surface area contributed by atoms with Crippen molar-refractivity contribution in [1.29, 1.82) is 0 Å². The van der Waals surface area contributed by atoms with Gasteiger partial charge in [0.05, 0.1) is 35.6 Å². The van der Waals surface area contributed by atoms with Crippen molar-refractivity contribution in [2.24, 2.45) is 0 Å². The number of fused-ring (bicyclic) bond motifs is 1. The average Bonchev–Trinajstić information content (AvgIpc) is 3.27. The number of aromatic amines is 1. The van der Waals surface area contributed by atoms with E-state index in [0.717, 1.165) is 48.4 Å². The predicted octanol–water partition coefficient (Wildman–Crippen LogP) is 2.68. The summed E-state index contributed by atoms with van der Waals surface area (Å²) in [5.41, 5.74) is 4.66. The summed E-state index contributed by atoms with van der Waals surface area (Å²) in [4.78, 5) is 22.2. The lowest BCUT2D eigenvalue weighted by Gasteiger charge is -2.25. The Labute approximate surface area is 140 Å². The standard InChI is InChI=1S/C18H21N5O/c1-12-8-13(2)23(21-12)10-15-4-3-7-22(15)18(24)14-5-6-16-17(9-14)20-11-19-16/h5-6,8-9,11,15H,3-4,7,10H2,1-2H3,(H,19,20)/t15-/m0/s1. The highest BCUT2D eigenvalue weighted by atomic mass is 16.2. The minimum Gasteiger partial charge on any atom is -0.345 e. The van der Waals surface area contributed by atoms with Crippen LogP contribution in [-0.4, -0.2) is 43.1 Å². The van der Waals surface area contributed by atoms with E-state index in [-0.39, 0.29) is 11.9 Å². The van der Waals surface area contributed by atoms with Crippen molar-refractivity contribution in [2.75, 3.05) is 6.54 Å². The summed E-state index contributed by atoms with van der Waals surface area (Å²) >= 11 is 0. The molecule has 6 nitrogen and oxygen atoms in total. The van der Waals surface area contributed by atoms with E-state index >= 15 is 0 Å². The van der Waals surface area contributed by atoms with Crippen LogP contribution < -0.4 is 0 Å². The van der Waals surface area contributed by atoms with Crippen LogP contribution in [0.15, 0.2) is 30.6 Å². The molecule has 3 heterocycles. The second kappa shape index (κ2) is 5.78. The van der Waals surface area contributed by atoms with E-state index in [0.29, 0.717) is 5.56 Å². The first-order valence-corrected chi connectivity index (χ1v) is 8.37. The number of nitrogens with one attached hydrogen (secondary N) is 1. The highest BCUT2D eigenvalue weighted by Gasteiger charge is 2.30. The van der Waals surface area contributed by atoms with E-state index in [9.17, 15) is 4.79 Å². The van der Waals surface area contributed by atoms with E-state index in [1.54, 1.807) is 6.33 Å². The van der Waals surface area contributed by atoms with E-state index in [1.165, 1.54) is 0 Å². The van der Waals surface area contributed by atoms with Crippen LogP contribution in [0.2, 0.25) is 0 Å². The summed E-state index contributed by atoms with van der Waals surface area (Å²) < 4.78 is 2.02. The van der Waals surface area contributed by atoms with Crippen molar-refractivity contribution < 1.29 is 4.79 Å². The monoisotopic (exact) mass is 323 g/mol. The number of aromatic nitrogens is 4. The Morgan fingerprint density at radius 1 is 1.33 bits per heavy atom. The molecule has 4 rings (SSSR count). The summed E-state index contributed by atoms with van der Waals surface area (Å²) in [7, 11) is 0. The number of carbonyl (C=O) groups excluding carboxylic acids is 1. The molecular formula is C18H21N5O. The van der Waals surface area contributed by atoms with Gasteiger partial charge in [-0.15, -0.1) is 0 Å². The van der Waals surface area contributed by atoms with Crippen LogP contribution in [0.5, 0.6) is 0 Å². The topological polar surface area (TPSA) is 66.8 Å². The van der Waals surface area contributed by atoms with Gasteiger partial charge in [0.15, 0.2) is 0 Å². The molecule has 1 aliphatic rings. The minimum atomic E-state index is 0.0931. The fraction of sp³-hybridized carbons (Fsp3) is 0.389. The molecular weight excluding hydrogens is 302 g/mol. The molecule has 3 aromatic rings. The third-order valence-electron chi connectivity index (χ3n) is 4.79. The number of benzene rings is 1. The Balaban J connectivity index is 1.57. The average molecular weight is 323 g/mol.